The summed E-state index contributed by atoms with van der Waals surface area (Å²) in [4.78, 5) is 19.8. The van der Waals surface area contributed by atoms with Gasteiger partial charge in [-0.25, -0.2) is 8.78 Å². The number of nitrogen functional groups attached to an aromatic ring is 1. The van der Waals surface area contributed by atoms with Crippen LogP contribution < -0.4 is 16.8 Å². The normalized spacial score (nSPS) is 16.5. The molecule has 1 aromatic heterocycles. The van der Waals surface area contributed by atoms with E-state index in [0.29, 0.717) is 42.3 Å². The van der Waals surface area contributed by atoms with Gasteiger partial charge in [-0.2, -0.15) is 0 Å². The van der Waals surface area contributed by atoms with E-state index in [1.807, 2.05) is 0 Å². The van der Waals surface area contributed by atoms with E-state index in [1.54, 1.807) is 6.92 Å². The van der Waals surface area contributed by atoms with Crippen LogP contribution in [0, 0.1) is 17.6 Å². The number of aromatic nitrogens is 1. The molecule has 4 rings (SSSR count). The van der Waals surface area contributed by atoms with Gasteiger partial charge in [0, 0.05) is 37.2 Å². The topological polar surface area (TPSA) is 127 Å². The van der Waals surface area contributed by atoms with Crippen molar-refractivity contribution in [1.29, 1.82) is 0 Å². The molecule has 7 nitrogen and oxygen atoms in total. The van der Waals surface area contributed by atoms with Crippen LogP contribution in [0.5, 0.6) is 5.75 Å². The number of benzene rings is 2. The predicted molar refractivity (Wildman–Crippen MR) is 119 cm³/mol. The van der Waals surface area contributed by atoms with Gasteiger partial charge in [-0.05, 0) is 41.0 Å². The number of phenols is 1. The molecule has 6 N–H and O–H groups in total. The second-order valence-electron chi connectivity index (χ2n) is 7.82. The Kier molecular flexibility index (Phi) is 5.65. The van der Waals surface area contributed by atoms with Crippen LogP contribution >= 0.6 is 0 Å². The summed E-state index contributed by atoms with van der Waals surface area (Å²) in [7, 11) is 0. The molecule has 1 amide bonds. The molecular weight excluding hydrogens is 416 g/mol. The third-order valence-electron chi connectivity index (χ3n) is 5.68. The number of fused-ring (bicyclic) bond motifs is 1. The number of carbonyl (C=O) groups excluding carboxylic acids is 1. The highest BCUT2D eigenvalue weighted by molar-refractivity contribution is 6.04. The number of nitrogens with one attached hydrogen (secondary N) is 1. The number of hydrogen-bond donors (Lipinski definition) is 4. The Morgan fingerprint density at radius 1 is 1.34 bits per heavy atom. The first kappa shape index (κ1) is 21.5. The summed E-state index contributed by atoms with van der Waals surface area (Å²) < 4.78 is 29.8. The SMILES string of the molecule is CCc1c(F)ccc2cc(O)cc(-c3ncc(C(N)=NCC4CNC(=O)C4)c(N)c3F)c12. The standard InChI is InChI=1S/C23H23F2N5O2/c1-2-14-17(24)4-3-12-6-13(31)7-15(19(12)14)22-20(25)21(26)16(10-29-22)23(27)30-9-11-5-18(32)28-8-11/h3-4,6-7,10-11,31H,2,5,8-9H2,1H3,(H2,26,29)(H2,27,30)(H,28,32). The lowest BCUT2D eigenvalue weighted by Gasteiger charge is -2.15. The van der Waals surface area contributed by atoms with Crippen molar-refractivity contribution in [3.8, 4) is 17.0 Å². The van der Waals surface area contributed by atoms with Crippen LogP contribution in [0.3, 0.4) is 0 Å². The highest BCUT2D eigenvalue weighted by Gasteiger charge is 2.23. The molecule has 2 heterocycles. The number of amidine groups is 1. The van der Waals surface area contributed by atoms with E-state index in [2.05, 4.69) is 15.3 Å². The van der Waals surface area contributed by atoms with Gasteiger partial charge in [0.2, 0.25) is 5.91 Å². The minimum atomic E-state index is -0.837. The van der Waals surface area contributed by atoms with Crippen LogP contribution in [0.15, 0.2) is 35.5 Å². The molecule has 166 valence electrons. The van der Waals surface area contributed by atoms with Crippen LogP contribution in [0.4, 0.5) is 14.5 Å². The molecule has 0 radical (unpaired) electrons. The third kappa shape index (κ3) is 3.81. The number of anilines is 1. The fourth-order valence-corrected chi connectivity index (χ4v) is 4.03. The number of aliphatic imine (C=N–C) groups is 1. The van der Waals surface area contributed by atoms with Crippen molar-refractivity contribution >= 4 is 28.2 Å². The predicted octanol–water partition coefficient (Wildman–Crippen LogP) is 2.87. The van der Waals surface area contributed by atoms with Crippen molar-refractivity contribution in [2.75, 3.05) is 18.8 Å². The summed E-state index contributed by atoms with van der Waals surface area (Å²) in [6.07, 6.45) is 2.04. The summed E-state index contributed by atoms with van der Waals surface area (Å²) in [5.74, 6) is -1.38. The van der Waals surface area contributed by atoms with Gasteiger partial charge in [-0.15, -0.1) is 0 Å². The fraction of sp³-hybridized carbons (Fsp3) is 0.261. The molecule has 9 heteroatoms. The Morgan fingerprint density at radius 2 is 2.12 bits per heavy atom. The van der Waals surface area contributed by atoms with Crippen molar-refractivity contribution in [2.45, 2.75) is 19.8 Å². The molecule has 1 unspecified atom stereocenters. The van der Waals surface area contributed by atoms with Crippen molar-refractivity contribution in [2.24, 2.45) is 16.6 Å². The number of hydrogen-bond acceptors (Lipinski definition) is 5. The van der Waals surface area contributed by atoms with Gasteiger partial charge in [0.05, 0.1) is 11.3 Å². The number of nitrogens with two attached hydrogens (primary N) is 2. The quantitative estimate of drug-likeness (QED) is 0.359. The lowest BCUT2D eigenvalue weighted by atomic mass is 9.94. The summed E-state index contributed by atoms with van der Waals surface area (Å²) in [5, 5.41) is 13.9. The number of aryl methyl sites for hydroxylation is 1. The largest absolute Gasteiger partial charge is 0.508 e. The minimum absolute atomic E-state index is 0.0142. The van der Waals surface area contributed by atoms with Gasteiger partial charge >= 0.3 is 0 Å². The first-order chi connectivity index (χ1) is 15.3. The number of aromatic hydroxyl groups is 1. The Labute approximate surface area is 183 Å². The Bertz CT molecular complexity index is 1260. The fourth-order valence-electron chi connectivity index (χ4n) is 4.03. The molecule has 0 spiro atoms. The number of nitrogens with zero attached hydrogens (tertiary/aromatic N) is 2. The highest BCUT2D eigenvalue weighted by Crippen LogP contribution is 2.37. The van der Waals surface area contributed by atoms with Gasteiger partial charge in [-0.3, -0.25) is 14.8 Å². The highest BCUT2D eigenvalue weighted by atomic mass is 19.1. The summed E-state index contributed by atoms with van der Waals surface area (Å²) in [6.45, 7) is 2.60. The zero-order chi connectivity index (χ0) is 23.0. The molecule has 1 fully saturated rings. The van der Waals surface area contributed by atoms with Crippen LogP contribution in [0.25, 0.3) is 22.0 Å². The summed E-state index contributed by atoms with van der Waals surface area (Å²) in [6, 6.07) is 5.67. The second kappa shape index (κ2) is 8.41. The zero-order valence-electron chi connectivity index (χ0n) is 17.5. The number of amides is 1. The second-order valence-corrected chi connectivity index (χ2v) is 7.82. The van der Waals surface area contributed by atoms with E-state index in [0.717, 1.165) is 0 Å². The number of rotatable bonds is 5. The smallest absolute Gasteiger partial charge is 0.220 e. The number of halogens is 2. The van der Waals surface area contributed by atoms with E-state index in [9.17, 15) is 14.3 Å². The molecule has 1 aliphatic rings. The van der Waals surface area contributed by atoms with E-state index in [1.165, 1.54) is 30.5 Å². The van der Waals surface area contributed by atoms with Crippen molar-refractivity contribution in [3.63, 3.8) is 0 Å². The average Bonchev–Trinajstić information content (AvgIpc) is 3.18. The molecule has 32 heavy (non-hydrogen) atoms. The van der Waals surface area contributed by atoms with Crippen molar-refractivity contribution in [1.82, 2.24) is 10.3 Å². The third-order valence-corrected chi connectivity index (χ3v) is 5.68. The Morgan fingerprint density at radius 3 is 2.81 bits per heavy atom. The molecule has 1 aliphatic heterocycles. The Hall–Kier alpha value is -3.75. The van der Waals surface area contributed by atoms with Gasteiger partial charge in [-0.1, -0.05) is 13.0 Å². The number of phenolic OH excluding ortho intramolecular Hbond substituents is 1. The van der Waals surface area contributed by atoms with Crippen LogP contribution in [-0.2, 0) is 11.2 Å². The van der Waals surface area contributed by atoms with Crippen LogP contribution in [0.2, 0.25) is 0 Å². The van der Waals surface area contributed by atoms with Crippen LogP contribution in [-0.4, -0.2) is 34.9 Å². The lowest BCUT2D eigenvalue weighted by molar-refractivity contribution is -0.119. The first-order valence-corrected chi connectivity index (χ1v) is 10.3. The van der Waals surface area contributed by atoms with Gasteiger partial charge in [0.1, 0.15) is 23.1 Å². The summed E-state index contributed by atoms with van der Waals surface area (Å²) >= 11 is 0. The van der Waals surface area contributed by atoms with Gasteiger partial charge in [0.25, 0.3) is 0 Å². The lowest BCUT2D eigenvalue weighted by Crippen LogP contribution is -2.20. The molecule has 2 aromatic carbocycles. The van der Waals surface area contributed by atoms with E-state index >= 15 is 4.39 Å². The van der Waals surface area contributed by atoms with E-state index in [-0.39, 0.29) is 45.9 Å². The minimum Gasteiger partial charge on any atom is -0.508 e. The molecule has 0 saturated carbocycles. The number of carbonyl (C=O) groups is 1. The van der Waals surface area contributed by atoms with E-state index < -0.39 is 11.6 Å². The molecule has 0 aliphatic carbocycles. The molecule has 0 bridgehead atoms. The van der Waals surface area contributed by atoms with Crippen molar-refractivity contribution < 1.29 is 18.7 Å². The average molecular weight is 439 g/mol. The molecule has 3 aromatic rings. The maximum absolute atomic E-state index is 15.4. The number of pyridine rings is 1. The first-order valence-electron chi connectivity index (χ1n) is 10.3. The van der Waals surface area contributed by atoms with Gasteiger partial charge < -0.3 is 21.9 Å². The zero-order valence-corrected chi connectivity index (χ0v) is 17.5. The maximum Gasteiger partial charge on any atom is 0.220 e. The van der Waals surface area contributed by atoms with Crippen molar-refractivity contribution in [3.05, 3.63) is 53.2 Å². The summed E-state index contributed by atoms with van der Waals surface area (Å²) in [5.41, 5.74) is 12.4. The molecule has 1 atom stereocenters. The van der Waals surface area contributed by atoms with E-state index in [4.69, 9.17) is 11.5 Å². The monoisotopic (exact) mass is 439 g/mol. The molecular formula is C23H23F2N5O2. The van der Waals surface area contributed by atoms with Gasteiger partial charge in [0.15, 0.2) is 5.82 Å². The maximum atomic E-state index is 15.4. The van der Waals surface area contributed by atoms with Crippen LogP contribution in [0.1, 0.15) is 24.5 Å². The Balaban J connectivity index is 1.78. The molecule has 1 saturated heterocycles.